The number of fused-ring (bicyclic) bond motifs is 2. The van der Waals surface area contributed by atoms with Crippen LogP contribution in [0.5, 0.6) is 11.5 Å². The topological polar surface area (TPSA) is 115 Å². The van der Waals surface area contributed by atoms with E-state index in [1.54, 1.807) is 30.3 Å². The van der Waals surface area contributed by atoms with Gasteiger partial charge in [-0.05, 0) is 57.9 Å². The van der Waals surface area contributed by atoms with E-state index >= 15 is 0 Å². The van der Waals surface area contributed by atoms with E-state index in [1.807, 2.05) is 0 Å². The van der Waals surface area contributed by atoms with E-state index in [2.05, 4.69) is 15.9 Å². The Kier molecular flexibility index (Phi) is 4.83. The van der Waals surface area contributed by atoms with Crippen LogP contribution in [0.3, 0.4) is 0 Å². The summed E-state index contributed by atoms with van der Waals surface area (Å²) in [6.45, 7) is 0. The molecule has 4 N–H and O–H groups in total. The Bertz CT molecular complexity index is 1360. The van der Waals surface area contributed by atoms with Crippen LogP contribution in [0.1, 0.15) is 31.8 Å². The highest BCUT2D eigenvalue weighted by molar-refractivity contribution is 9.10. The van der Waals surface area contributed by atoms with Gasteiger partial charge in [-0.1, -0.05) is 34.1 Å². The smallest absolute Gasteiger partial charge is 0.339 e. The van der Waals surface area contributed by atoms with Crippen LogP contribution in [0.4, 0.5) is 0 Å². The number of carboxylic acid groups (broad SMARTS) is 2. The second kappa shape index (κ2) is 7.35. The van der Waals surface area contributed by atoms with Gasteiger partial charge in [0, 0.05) is 22.0 Å². The number of halogens is 1. The van der Waals surface area contributed by atoms with E-state index in [9.17, 15) is 30.0 Å². The highest BCUT2D eigenvalue weighted by Crippen LogP contribution is 2.38. The Morgan fingerprint density at radius 3 is 2.17 bits per heavy atom. The van der Waals surface area contributed by atoms with Gasteiger partial charge < -0.3 is 20.4 Å². The van der Waals surface area contributed by atoms with Crippen molar-refractivity contribution in [3.63, 3.8) is 0 Å². The minimum Gasteiger partial charge on any atom is -0.508 e. The summed E-state index contributed by atoms with van der Waals surface area (Å²) in [4.78, 5) is 22.9. The quantitative estimate of drug-likeness (QED) is 0.330. The first-order chi connectivity index (χ1) is 14.3. The maximum absolute atomic E-state index is 11.7. The molecule has 0 saturated carbocycles. The van der Waals surface area contributed by atoms with Crippen LogP contribution in [0.25, 0.3) is 21.5 Å². The van der Waals surface area contributed by atoms with Gasteiger partial charge >= 0.3 is 11.9 Å². The summed E-state index contributed by atoms with van der Waals surface area (Å²) in [5.74, 6) is -2.72. The van der Waals surface area contributed by atoms with E-state index in [-0.39, 0.29) is 29.0 Å². The largest absolute Gasteiger partial charge is 0.508 e. The number of carboxylic acids is 2. The van der Waals surface area contributed by atoms with Crippen molar-refractivity contribution in [1.29, 1.82) is 0 Å². The monoisotopic (exact) mass is 466 g/mol. The summed E-state index contributed by atoms with van der Waals surface area (Å²) in [6.07, 6.45) is 0.0562. The number of aromatic carboxylic acids is 2. The summed E-state index contributed by atoms with van der Waals surface area (Å²) in [5, 5.41) is 42.5. The van der Waals surface area contributed by atoms with Crippen LogP contribution >= 0.6 is 15.9 Å². The van der Waals surface area contributed by atoms with Gasteiger partial charge in [-0.15, -0.1) is 0 Å². The predicted molar refractivity (Wildman–Crippen MR) is 116 cm³/mol. The third-order valence-electron chi connectivity index (χ3n) is 5.12. The number of phenolic OH excluding ortho intramolecular Hbond substituents is 1. The lowest BCUT2D eigenvalue weighted by Crippen LogP contribution is -2.02. The van der Waals surface area contributed by atoms with Gasteiger partial charge in [-0.2, -0.15) is 0 Å². The number of aromatic hydroxyl groups is 2. The number of rotatable bonds is 4. The summed E-state index contributed by atoms with van der Waals surface area (Å²) in [7, 11) is 0. The molecule has 0 aromatic heterocycles. The highest BCUT2D eigenvalue weighted by atomic mass is 79.9. The van der Waals surface area contributed by atoms with Crippen LogP contribution in [-0.4, -0.2) is 32.4 Å². The highest BCUT2D eigenvalue weighted by Gasteiger charge is 2.20. The first-order valence-electron chi connectivity index (χ1n) is 8.91. The Morgan fingerprint density at radius 2 is 1.47 bits per heavy atom. The Hall–Kier alpha value is -3.58. The molecule has 0 aliphatic heterocycles. The fourth-order valence-electron chi connectivity index (χ4n) is 3.66. The predicted octanol–water partition coefficient (Wildman–Crippen LogP) is 5.15. The molecule has 0 fully saturated rings. The average molecular weight is 467 g/mol. The minimum atomic E-state index is -1.26. The average Bonchev–Trinajstić information content (AvgIpc) is 2.70. The lowest BCUT2D eigenvalue weighted by Gasteiger charge is -2.15. The fraction of sp³-hybridized carbons (Fsp3) is 0.0435. The van der Waals surface area contributed by atoms with Crippen molar-refractivity contribution in [1.82, 2.24) is 0 Å². The normalized spacial score (nSPS) is 11.1. The number of hydrogen-bond donors (Lipinski definition) is 4. The Balaban J connectivity index is 1.98. The van der Waals surface area contributed by atoms with Crippen LogP contribution in [-0.2, 0) is 6.42 Å². The molecule has 4 rings (SSSR count). The van der Waals surface area contributed by atoms with Crippen LogP contribution < -0.4 is 0 Å². The van der Waals surface area contributed by atoms with E-state index in [0.717, 1.165) is 4.47 Å². The van der Waals surface area contributed by atoms with Crippen LogP contribution in [0, 0.1) is 0 Å². The lowest BCUT2D eigenvalue weighted by atomic mass is 9.91. The van der Waals surface area contributed by atoms with Crippen molar-refractivity contribution in [3.05, 3.63) is 81.3 Å². The molecular formula is C23H15BrO6. The first kappa shape index (κ1) is 19.7. The van der Waals surface area contributed by atoms with Gasteiger partial charge in [0.15, 0.2) is 0 Å². The molecule has 30 heavy (non-hydrogen) atoms. The summed E-state index contributed by atoms with van der Waals surface area (Å²) >= 11 is 3.37. The number of benzene rings is 4. The van der Waals surface area contributed by atoms with Crippen molar-refractivity contribution in [2.75, 3.05) is 0 Å². The molecular weight excluding hydrogens is 452 g/mol. The third kappa shape index (κ3) is 3.33. The van der Waals surface area contributed by atoms with Crippen molar-refractivity contribution >= 4 is 49.4 Å². The molecule has 0 spiro atoms. The molecule has 0 aliphatic rings. The molecule has 0 bridgehead atoms. The van der Waals surface area contributed by atoms with Gasteiger partial charge in [0.1, 0.15) is 17.1 Å². The van der Waals surface area contributed by atoms with Gasteiger partial charge in [-0.25, -0.2) is 9.59 Å². The molecule has 0 heterocycles. The molecule has 4 aromatic rings. The van der Waals surface area contributed by atoms with Crippen LogP contribution in [0.2, 0.25) is 0 Å². The van der Waals surface area contributed by atoms with Gasteiger partial charge in [0.25, 0.3) is 0 Å². The Morgan fingerprint density at radius 1 is 0.767 bits per heavy atom. The standard InChI is InChI=1S/C23H15BrO6/c24-14-3-5-16-13(8-14)9-19(23(29)30)21(26)18(16)10-17-15-4-1-12(22(27)28)7-11(15)2-6-20(17)25/h1-9,25-26H,10H2,(H,27,28)(H,29,30). The minimum absolute atomic E-state index is 0.0315. The van der Waals surface area contributed by atoms with Crippen molar-refractivity contribution in [3.8, 4) is 11.5 Å². The number of hydrogen-bond acceptors (Lipinski definition) is 4. The van der Waals surface area contributed by atoms with Gasteiger partial charge in [0.2, 0.25) is 0 Å². The van der Waals surface area contributed by atoms with E-state index in [1.165, 1.54) is 24.3 Å². The maximum Gasteiger partial charge on any atom is 0.339 e. The molecule has 0 radical (unpaired) electrons. The SMILES string of the molecule is O=C(O)c1ccc2c(Cc3c(O)c(C(=O)O)cc4cc(Br)ccc34)c(O)ccc2c1. The fourth-order valence-corrected chi connectivity index (χ4v) is 4.04. The number of carbonyl (C=O) groups is 2. The molecule has 0 amide bonds. The molecule has 6 nitrogen and oxygen atoms in total. The molecule has 150 valence electrons. The van der Waals surface area contributed by atoms with Gasteiger partial charge in [0.05, 0.1) is 5.56 Å². The second-order valence-electron chi connectivity index (χ2n) is 6.90. The maximum atomic E-state index is 11.7. The molecule has 0 atom stereocenters. The lowest BCUT2D eigenvalue weighted by molar-refractivity contribution is 0.0684. The Labute approximate surface area is 178 Å². The van der Waals surface area contributed by atoms with Gasteiger partial charge in [-0.3, -0.25) is 0 Å². The van der Waals surface area contributed by atoms with Crippen molar-refractivity contribution < 1.29 is 30.0 Å². The van der Waals surface area contributed by atoms with Crippen molar-refractivity contribution in [2.24, 2.45) is 0 Å². The summed E-state index contributed by atoms with van der Waals surface area (Å²) in [6, 6.07) is 14.3. The zero-order valence-electron chi connectivity index (χ0n) is 15.4. The summed E-state index contributed by atoms with van der Waals surface area (Å²) in [5.41, 5.74) is 0.711. The van der Waals surface area contributed by atoms with Crippen molar-refractivity contribution in [2.45, 2.75) is 6.42 Å². The first-order valence-corrected chi connectivity index (χ1v) is 9.71. The zero-order chi connectivity index (χ0) is 21.6. The number of phenols is 2. The molecule has 0 unspecified atom stereocenters. The molecule has 0 aliphatic carbocycles. The van der Waals surface area contributed by atoms with E-state index in [4.69, 9.17) is 0 Å². The summed E-state index contributed by atoms with van der Waals surface area (Å²) < 4.78 is 0.761. The molecule has 0 saturated heterocycles. The molecule has 7 heteroatoms. The van der Waals surface area contributed by atoms with E-state index in [0.29, 0.717) is 32.7 Å². The molecule has 4 aromatic carbocycles. The zero-order valence-corrected chi connectivity index (χ0v) is 17.0. The second-order valence-corrected chi connectivity index (χ2v) is 7.82. The van der Waals surface area contributed by atoms with E-state index < -0.39 is 11.9 Å². The third-order valence-corrected chi connectivity index (χ3v) is 5.61. The van der Waals surface area contributed by atoms with Crippen LogP contribution in [0.15, 0.2) is 59.1 Å².